The second-order valence-electron chi connectivity index (χ2n) is 7.20. The van der Waals surface area contributed by atoms with Crippen molar-refractivity contribution in [3.05, 3.63) is 0 Å². The lowest BCUT2D eigenvalue weighted by Gasteiger charge is -2.22. The molecule has 0 aromatic heterocycles. The fraction of sp³-hybridized carbons (Fsp3) is 0.905. The fourth-order valence-corrected chi connectivity index (χ4v) is 2.90. The van der Waals surface area contributed by atoms with Gasteiger partial charge in [-0.05, 0) is 51.6 Å². The lowest BCUT2D eigenvalue weighted by Crippen LogP contribution is -2.48. The van der Waals surface area contributed by atoms with Crippen molar-refractivity contribution in [1.29, 1.82) is 0 Å². The molecule has 154 valence electrons. The van der Waals surface area contributed by atoms with Crippen LogP contribution in [-0.4, -0.2) is 37.5 Å². The van der Waals surface area contributed by atoms with Crippen LogP contribution in [0.5, 0.6) is 0 Å². The Labute approximate surface area is 161 Å². The molecule has 0 radical (unpaired) electrons. The van der Waals surface area contributed by atoms with E-state index in [1.54, 1.807) is 0 Å². The first-order chi connectivity index (χ1) is 12.6. The van der Waals surface area contributed by atoms with Crippen LogP contribution in [0, 0.1) is 5.92 Å². The molecule has 0 heterocycles. The highest BCUT2D eigenvalue weighted by Gasteiger charge is 2.24. The molecule has 2 amide bonds. The average Bonchev–Trinajstić information content (AvgIpc) is 2.64. The van der Waals surface area contributed by atoms with Gasteiger partial charge in [0, 0.05) is 12.5 Å². The molecule has 0 aromatic rings. The Morgan fingerprint density at radius 1 is 0.731 bits per heavy atom. The number of hydrogen-bond acceptors (Lipinski definition) is 3. The van der Waals surface area contributed by atoms with E-state index in [9.17, 15) is 9.59 Å². The minimum Gasteiger partial charge on any atom is -0.354 e. The third-order valence-corrected chi connectivity index (χ3v) is 4.79. The van der Waals surface area contributed by atoms with Crippen LogP contribution < -0.4 is 16.0 Å². The molecular formula is C21H43N3O2. The molecule has 0 aliphatic carbocycles. The topological polar surface area (TPSA) is 70.2 Å². The zero-order valence-corrected chi connectivity index (χ0v) is 17.7. The molecule has 0 aliphatic heterocycles. The van der Waals surface area contributed by atoms with Crippen molar-refractivity contribution in [2.24, 2.45) is 5.92 Å². The Morgan fingerprint density at radius 3 is 1.96 bits per heavy atom. The van der Waals surface area contributed by atoms with Crippen LogP contribution >= 0.6 is 0 Å². The van der Waals surface area contributed by atoms with Gasteiger partial charge in [0.15, 0.2) is 0 Å². The molecule has 0 aliphatic rings. The third-order valence-electron chi connectivity index (χ3n) is 4.79. The second kappa shape index (κ2) is 17.3. The quantitative estimate of drug-likeness (QED) is 0.342. The number of unbranched alkanes of at least 4 members (excludes halogenated alkanes) is 3. The molecule has 0 saturated carbocycles. The van der Waals surface area contributed by atoms with E-state index in [1.807, 2.05) is 6.92 Å². The summed E-state index contributed by atoms with van der Waals surface area (Å²) in [6, 6.07) is -0.414. The van der Waals surface area contributed by atoms with Gasteiger partial charge in [0.05, 0.1) is 0 Å². The molecule has 5 nitrogen and oxygen atoms in total. The fourth-order valence-electron chi connectivity index (χ4n) is 2.90. The Balaban J connectivity index is 4.53. The van der Waals surface area contributed by atoms with Gasteiger partial charge in [-0.3, -0.25) is 9.59 Å². The summed E-state index contributed by atoms with van der Waals surface area (Å²) in [7, 11) is 0. The summed E-state index contributed by atoms with van der Waals surface area (Å²) in [5.74, 6) is 0.0183. The molecule has 5 heteroatoms. The maximum absolute atomic E-state index is 12.6. The highest BCUT2D eigenvalue weighted by Crippen LogP contribution is 2.13. The van der Waals surface area contributed by atoms with Crippen molar-refractivity contribution in [2.75, 3.05) is 19.6 Å². The second-order valence-corrected chi connectivity index (χ2v) is 7.20. The van der Waals surface area contributed by atoms with Crippen LogP contribution in [-0.2, 0) is 9.59 Å². The first-order valence-electron chi connectivity index (χ1n) is 10.9. The van der Waals surface area contributed by atoms with Gasteiger partial charge < -0.3 is 16.0 Å². The van der Waals surface area contributed by atoms with Crippen molar-refractivity contribution in [2.45, 2.75) is 97.9 Å². The van der Waals surface area contributed by atoms with Gasteiger partial charge in [-0.15, -0.1) is 0 Å². The Kier molecular flexibility index (Phi) is 16.6. The number of nitrogens with one attached hydrogen (secondary N) is 3. The summed E-state index contributed by atoms with van der Waals surface area (Å²) in [4.78, 5) is 25.1. The Morgan fingerprint density at radius 2 is 1.35 bits per heavy atom. The van der Waals surface area contributed by atoms with Crippen LogP contribution in [0.15, 0.2) is 0 Å². The highest BCUT2D eigenvalue weighted by atomic mass is 16.2. The van der Waals surface area contributed by atoms with Crippen LogP contribution in [0.4, 0.5) is 0 Å². The summed E-state index contributed by atoms with van der Waals surface area (Å²) in [5, 5.41) is 9.41. The zero-order chi connectivity index (χ0) is 19.6. The van der Waals surface area contributed by atoms with E-state index in [0.717, 1.165) is 58.0 Å². The zero-order valence-electron chi connectivity index (χ0n) is 17.7. The largest absolute Gasteiger partial charge is 0.354 e. The highest BCUT2D eigenvalue weighted by molar-refractivity contribution is 5.88. The molecule has 0 saturated heterocycles. The first kappa shape index (κ1) is 24.9. The molecule has 0 bridgehead atoms. The van der Waals surface area contributed by atoms with E-state index in [4.69, 9.17) is 0 Å². The van der Waals surface area contributed by atoms with Gasteiger partial charge >= 0.3 is 0 Å². The monoisotopic (exact) mass is 369 g/mol. The number of carbonyl (C=O) groups is 2. The van der Waals surface area contributed by atoms with Gasteiger partial charge in [0.1, 0.15) is 6.04 Å². The van der Waals surface area contributed by atoms with Crippen molar-refractivity contribution in [1.82, 2.24) is 16.0 Å². The van der Waals surface area contributed by atoms with Crippen LogP contribution in [0.3, 0.4) is 0 Å². The van der Waals surface area contributed by atoms with Crippen LogP contribution in [0.1, 0.15) is 91.9 Å². The van der Waals surface area contributed by atoms with E-state index >= 15 is 0 Å². The minimum absolute atomic E-state index is 0.0172. The molecule has 3 N–H and O–H groups in total. The van der Waals surface area contributed by atoms with Gasteiger partial charge in [-0.25, -0.2) is 0 Å². The Bertz CT molecular complexity index is 361. The molecule has 1 unspecified atom stereocenters. The number of carbonyl (C=O) groups excluding carboxylic acids is 2. The smallest absolute Gasteiger partial charge is 0.242 e. The summed E-state index contributed by atoms with van der Waals surface area (Å²) in [6.07, 6.45) is 9.83. The lowest BCUT2D eigenvalue weighted by atomic mass is 9.97. The maximum Gasteiger partial charge on any atom is 0.242 e. The number of rotatable bonds is 17. The van der Waals surface area contributed by atoms with Crippen molar-refractivity contribution < 1.29 is 9.59 Å². The van der Waals surface area contributed by atoms with Crippen molar-refractivity contribution >= 4 is 11.8 Å². The third kappa shape index (κ3) is 12.3. The van der Waals surface area contributed by atoms with E-state index < -0.39 is 6.04 Å². The van der Waals surface area contributed by atoms with E-state index in [0.29, 0.717) is 13.0 Å². The standard InChI is InChI=1S/C21H43N3O2/c1-5-9-13-18(8-4)20(25)24-19(21(26)23-17-11-7-3)14-12-16-22-15-10-6-2/h18-19,22H,5-17H2,1-4H3,(H,23,26)(H,24,25)/t18?,19-/m0/s1. The van der Waals surface area contributed by atoms with Crippen molar-refractivity contribution in [3.8, 4) is 0 Å². The normalized spacial score (nSPS) is 13.2. The number of hydrogen-bond donors (Lipinski definition) is 3. The van der Waals surface area contributed by atoms with E-state index in [2.05, 4.69) is 36.7 Å². The summed E-state index contributed by atoms with van der Waals surface area (Å²) >= 11 is 0. The van der Waals surface area contributed by atoms with Crippen molar-refractivity contribution in [3.63, 3.8) is 0 Å². The SMILES string of the molecule is CCCCNCCC[C@H](NC(=O)C(CC)CCCC)C(=O)NCCCC. The Hall–Kier alpha value is -1.10. The molecule has 0 aromatic carbocycles. The van der Waals surface area contributed by atoms with Crippen LogP contribution in [0.2, 0.25) is 0 Å². The average molecular weight is 370 g/mol. The van der Waals surface area contributed by atoms with E-state index in [-0.39, 0.29) is 17.7 Å². The summed E-state index contributed by atoms with van der Waals surface area (Å²) < 4.78 is 0. The molecule has 0 fully saturated rings. The van der Waals surface area contributed by atoms with Gasteiger partial charge in [0.25, 0.3) is 0 Å². The summed E-state index contributed by atoms with van der Waals surface area (Å²) in [6.45, 7) is 11.1. The molecule has 0 spiro atoms. The van der Waals surface area contributed by atoms with E-state index in [1.165, 1.54) is 12.8 Å². The van der Waals surface area contributed by atoms with Gasteiger partial charge in [0.2, 0.25) is 11.8 Å². The lowest BCUT2D eigenvalue weighted by molar-refractivity contribution is -0.131. The summed E-state index contributed by atoms with van der Waals surface area (Å²) in [5.41, 5.74) is 0. The van der Waals surface area contributed by atoms with Gasteiger partial charge in [-0.2, -0.15) is 0 Å². The maximum atomic E-state index is 12.6. The minimum atomic E-state index is -0.414. The molecule has 2 atom stereocenters. The van der Waals surface area contributed by atoms with Crippen LogP contribution in [0.25, 0.3) is 0 Å². The molecule has 0 rings (SSSR count). The number of amides is 2. The molecule has 26 heavy (non-hydrogen) atoms. The predicted molar refractivity (Wildman–Crippen MR) is 110 cm³/mol. The molecular weight excluding hydrogens is 326 g/mol. The predicted octanol–water partition coefficient (Wildman–Crippen LogP) is 3.77. The van der Waals surface area contributed by atoms with Gasteiger partial charge in [-0.1, -0.05) is 53.4 Å². The first-order valence-corrected chi connectivity index (χ1v) is 10.9.